The van der Waals surface area contributed by atoms with Crippen LogP contribution in [0.2, 0.25) is 0 Å². The van der Waals surface area contributed by atoms with Crippen molar-refractivity contribution < 1.29 is 41.6 Å². The summed E-state index contributed by atoms with van der Waals surface area (Å²) in [7, 11) is 0.832. The van der Waals surface area contributed by atoms with Crippen molar-refractivity contribution in [2.75, 3.05) is 51.1 Å². The molecule has 0 spiro atoms. The topological polar surface area (TPSA) is 57.2 Å². The second-order valence-electron chi connectivity index (χ2n) is 9.55. The third-order valence-corrected chi connectivity index (χ3v) is 6.55. The molecule has 1 N–H and O–H groups in total. The zero-order valence-corrected chi connectivity index (χ0v) is 21.8. The van der Waals surface area contributed by atoms with Gasteiger partial charge in [0.05, 0.1) is 21.6 Å². The summed E-state index contributed by atoms with van der Waals surface area (Å²) in [6, 6.07) is 3.45. The number of nitrogens with one attached hydrogen (secondary N) is 1. The minimum absolute atomic E-state index is 0.0144. The number of rotatable bonds is 6. The fraction of sp³-hybridized carbons (Fsp3) is 0.394. The lowest BCUT2D eigenvalue weighted by Crippen LogP contribution is -2.44. The van der Waals surface area contributed by atoms with Gasteiger partial charge < -0.3 is 19.9 Å². The first-order valence-electron chi connectivity index (χ1n) is 21.2. The summed E-state index contributed by atoms with van der Waals surface area (Å²) in [5.41, 5.74) is -1.68. The Balaban J connectivity index is 1.45. The minimum atomic E-state index is -3.47. The Hall–Kier alpha value is -3.62. The Kier molecular flexibility index (Phi) is 4.14. The van der Waals surface area contributed by atoms with Gasteiger partial charge in [-0.15, -0.1) is 0 Å². The predicted molar refractivity (Wildman–Crippen MR) is 157 cm³/mol. The number of carbonyl (C=O) groups excluding carboxylic acids is 1. The van der Waals surface area contributed by atoms with Crippen LogP contribution in [0.5, 0.6) is 0 Å². The number of fused-ring (bicyclic) bond motifs is 1. The van der Waals surface area contributed by atoms with Crippen LogP contribution < -0.4 is 10.2 Å². The maximum absolute atomic E-state index is 14.3. The standard InChI is InChI=1S/C33H36F2N4O2/c1-38-8-10-39(11-9-38)29-4-5-30(26(19-29)15-22-6-12-41-13-7-22)33(40)37-32-31-18-23(2-3-25(31)21-36-32)14-24-16-27(34)20-28(35)17-24/h2-5,16-20,22H,6-15,21H2,1H3,(H,36,37,40)/i4D,8D2,9D2,10D2,11D2,12D2,13D2,14D2,19D,20D. The van der Waals surface area contributed by atoms with Crippen LogP contribution in [0.3, 0.4) is 0 Å². The molecule has 0 radical (unpaired) electrons. The van der Waals surface area contributed by atoms with Crippen molar-refractivity contribution in [2.24, 2.45) is 10.9 Å². The van der Waals surface area contributed by atoms with Crippen molar-refractivity contribution in [3.8, 4) is 0 Å². The highest BCUT2D eigenvalue weighted by Gasteiger charge is 2.24. The van der Waals surface area contributed by atoms with Crippen LogP contribution in [-0.2, 0) is 24.1 Å². The molecular formula is C33H36F2N4O2. The van der Waals surface area contributed by atoms with E-state index < -0.39 is 123 Å². The van der Waals surface area contributed by atoms with Crippen LogP contribution in [-0.4, -0.2) is 62.8 Å². The third kappa shape index (κ3) is 6.49. The van der Waals surface area contributed by atoms with Crippen molar-refractivity contribution in [2.45, 2.75) is 32.2 Å². The lowest BCUT2D eigenvalue weighted by Gasteiger charge is -2.34. The Labute approximate surface area is 263 Å². The number of anilines is 1. The van der Waals surface area contributed by atoms with Gasteiger partial charge in [0.25, 0.3) is 5.91 Å². The Morgan fingerprint density at radius 3 is 2.61 bits per heavy atom. The molecule has 3 aromatic rings. The molecule has 0 aromatic heterocycles. The number of amides is 1. The van der Waals surface area contributed by atoms with Gasteiger partial charge in [0.1, 0.15) is 17.5 Å². The summed E-state index contributed by atoms with van der Waals surface area (Å²) in [4.78, 5) is 18.8. The van der Waals surface area contributed by atoms with Crippen molar-refractivity contribution in [1.82, 2.24) is 10.2 Å². The average Bonchev–Trinajstić information content (AvgIpc) is 3.48. The lowest BCUT2D eigenvalue weighted by atomic mass is 9.89. The van der Waals surface area contributed by atoms with Gasteiger partial charge in [0.2, 0.25) is 0 Å². The van der Waals surface area contributed by atoms with Crippen molar-refractivity contribution in [1.29, 1.82) is 0 Å². The van der Waals surface area contributed by atoms with Gasteiger partial charge in [-0.25, -0.2) is 8.78 Å². The number of halogens is 2. The average molecular weight is 576 g/mol. The number of ether oxygens (including phenoxy) is 1. The fourth-order valence-electron chi connectivity index (χ4n) is 4.53. The maximum atomic E-state index is 14.3. The van der Waals surface area contributed by atoms with Crippen LogP contribution in [0.4, 0.5) is 14.5 Å². The highest BCUT2D eigenvalue weighted by molar-refractivity contribution is 6.14. The second kappa shape index (κ2) is 12.1. The molecule has 3 aromatic carbocycles. The SMILES string of the molecule is [2H]c1cc(C(=O)NC2=NCc3ccc(C([2H])([2H])c4cc(F)c([2H])c(F)c4)cc32)c(CC2CC([2H])([2H])OC([2H])([2H])C2)c([2H])c1N1C([2H])([2H])C([2H])([2H])N(C)C([2H])([2H])C1([2H])[2H]. The number of aliphatic imine (C=N–C) groups is 1. The number of hydrogen-bond donors (Lipinski definition) is 1. The monoisotopic (exact) mass is 575 g/mol. The van der Waals surface area contributed by atoms with Crippen molar-refractivity contribution in [3.05, 3.63) is 99.5 Å². The van der Waals surface area contributed by atoms with Gasteiger partial charge in [-0.2, -0.15) is 0 Å². The molecule has 3 aliphatic heterocycles. The molecule has 0 atom stereocenters. The molecule has 2 saturated heterocycles. The minimum Gasteiger partial charge on any atom is -0.381 e. The van der Waals surface area contributed by atoms with Crippen LogP contribution in [0.1, 0.15) is 74.3 Å². The van der Waals surface area contributed by atoms with Crippen LogP contribution in [0.25, 0.3) is 0 Å². The van der Waals surface area contributed by atoms with Gasteiger partial charge in [0, 0.05) is 70.2 Å². The van der Waals surface area contributed by atoms with E-state index in [0.29, 0.717) is 17.7 Å². The summed E-state index contributed by atoms with van der Waals surface area (Å²) >= 11 is 0. The lowest BCUT2D eigenvalue weighted by molar-refractivity contribution is 0.0664. The maximum Gasteiger partial charge on any atom is 0.257 e. The van der Waals surface area contributed by atoms with Crippen LogP contribution >= 0.6 is 0 Å². The second-order valence-corrected chi connectivity index (χ2v) is 9.55. The number of likely N-dealkylation sites (N-methyl/N-ethyl adjacent to an activating group) is 1. The molecule has 41 heavy (non-hydrogen) atoms. The third-order valence-electron chi connectivity index (χ3n) is 6.55. The van der Waals surface area contributed by atoms with Crippen molar-refractivity contribution in [3.63, 3.8) is 0 Å². The van der Waals surface area contributed by atoms with E-state index in [0.717, 1.165) is 13.1 Å². The van der Waals surface area contributed by atoms with Crippen LogP contribution in [0.15, 0.2) is 59.5 Å². The molecule has 3 aliphatic rings. The van der Waals surface area contributed by atoms with E-state index in [1.807, 2.05) is 0 Å². The highest BCUT2D eigenvalue weighted by Crippen LogP contribution is 2.28. The largest absolute Gasteiger partial charge is 0.381 e. The molecule has 0 saturated carbocycles. The number of nitrogens with zero attached hydrogens (tertiary/aromatic N) is 3. The number of hydrogen-bond acceptors (Lipinski definition) is 5. The smallest absolute Gasteiger partial charge is 0.257 e. The van der Waals surface area contributed by atoms with E-state index in [1.54, 1.807) is 0 Å². The zero-order valence-electron chi connectivity index (χ0n) is 38.8. The van der Waals surface area contributed by atoms with E-state index >= 15 is 0 Å². The number of amidine groups is 1. The van der Waals surface area contributed by atoms with E-state index in [-0.39, 0.29) is 38.9 Å². The van der Waals surface area contributed by atoms with Crippen LogP contribution in [0, 0.1) is 17.6 Å². The molecule has 0 bridgehead atoms. The molecule has 6 nitrogen and oxygen atoms in total. The van der Waals surface area contributed by atoms with Gasteiger partial charge in [-0.3, -0.25) is 9.79 Å². The first-order chi connectivity index (χ1) is 26.4. The number of benzene rings is 3. The fourth-order valence-corrected chi connectivity index (χ4v) is 4.53. The summed E-state index contributed by atoms with van der Waals surface area (Å²) in [6.45, 7) is -18.6. The molecule has 1 amide bonds. The molecule has 8 heteroatoms. The zero-order chi connectivity index (χ0) is 43.5. The Morgan fingerprint density at radius 2 is 1.85 bits per heavy atom. The Bertz CT molecular complexity index is 2170. The first-order valence-corrected chi connectivity index (χ1v) is 12.7. The molecule has 0 aliphatic carbocycles. The van der Waals surface area contributed by atoms with E-state index in [2.05, 4.69) is 10.3 Å². The quantitative estimate of drug-likeness (QED) is 0.451. The summed E-state index contributed by atoms with van der Waals surface area (Å²) in [5.74, 6) is -4.80. The molecule has 0 unspecified atom stereocenters. The van der Waals surface area contributed by atoms with Crippen molar-refractivity contribution >= 4 is 17.4 Å². The van der Waals surface area contributed by atoms with Gasteiger partial charge >= 0.3 is 0 Å². The van der Waals surface area contributed by atoms with Gasteiger partial charge in [-0.1, -0.05) is 12.1 Å². The molecule has 3 heterocycles. The molecular weight excluding hydrogens is 522 g/mol. The molecule has 214 valence electrons. The summed E-state index contributed by atoms with van der Waals surface area (Å²) in [6.07, 6.45) is -3.95. The van der Waals surface area contributed by atoms with E-state index in [4.69, 9.17) is 26.7 Å². The Morgan fingerprint density at radius 1 is 1.10 bits per heavy atom. The normalized spacial score (nSPS) is 31.6. The summed E-state index contributed by atoms with van der Waals surface area (Å²) in [5, 5.41) is 2.54. The van der Waals surface area contributed by atoms with Gasteiger partial charge in [-0.05, 0) is 97.2 Å². The number of piperazine rings is 1. The van der Waals surface area contributed by atoms with E-state index in [9.17, 15) is 14.9 Å². The highest BCUT2D eigenvalue weighted by atomic mass is 19.1. The van der Waals surface area contributed by atoms with Gasteiger partial charge in [0.15, 0.2) is 0 Å². The van der Waals surface area contributed by atoms with E-state index in [1.165, 1.54) is 18.2 Å². The first kappa shape index (κ1) is 14.0. The molecule has 6 rings (SSSR count). The predicted octanol–water partition coefficient (Wildman–Crippen LogP) is 4.97. The number of carbonyl (C=O) groups is 1. The summed E-state index contributed by atoms with van der Waals surface area (Å²) < 4.78 is 178. The molecule has 2 fully saturated rings.